The Morgan fingerprint density at radius 1 is 0.917 bits per heavy atom. The minimum absolute atomic E-state index is 0.265. The van der Waals surface area contributed by atoms with Gasteiger partial charge in [-0.05, 0) is 35.2 Å². The van der Waals surface area contributed by atoms with Crippen molar-refractivity contribution < 1.29 is 9.13 Å². The number of ether oxygens (including phenoxy) is 1. The van der Waals surface area contributed by atoms with Crippen molar-refractivity contribution in [3.05, 3.63) is 72.7 Å². The van der Waals surface area contributed by atoms with Crippen molar-refractivity contribution in [2.75, 3.05) is 7.11 Å². The Bertz CT molecular complexity index is 1020. The normalized spacial score (nSPS) is 10.9. The minimum atomic E-state index is -0.265. The van der Waals surface area contributed by atoms with E-state index in [0.29, 0.717) is 0 Å². The summed E-state index contributed by atoms with van der Waals surface area (Å²) in [6.07, 6.45) is 1.73. The summed E-state index contributed by atoms with van der Waals surface area (Å²) >= 11 is 0. The highest BCUT2D eigenvalue weighted by Gasteiger charge is 2.14. The van der Waals surface area contributed by atoms with Gasteiger partial charge in [0.2, 0.25) is 0 Å². The van der Waals surface area contributed by atoms with E-state index in [1.165, 1.54) is 12.1 Å². The Balaban J connectivity index is 1.96. The number of hydrogen-bond donors (Lipinski definition) is 1. The molecule has 118 valence electrons. The summed E-state index contributed by atoms with van der Waals surface area (Å²) in [6, 6.07) is 18.5. The summed E-state index contributed by atoms with van der Waals surface area (Å²) in [4.78, 5) is 0. The summed E-state index contributed by atoms with van der Waals surface area (Å²) < 4.78 is 19.1. The first-order valence-electron chi connectivity index (χ1n) is 7.63. The van der Waals surface area contributed by atoms with Crippen LogP contribution in [0.3, 0.4) is 0 Å². The Hall–Kier alpha value is -3.14. The third-order valence-electron chi connectivity index (χ3n) is 4.15. The van der Waals surface area contributed by atoms with Gasteiger partial charge in [0.25, 0.3) is 0 Å². The standard InChI is InChI=1S/C20H15FN2O/c1-24-19-10-9-17(15-7-2-3-8-16(15)19)20-18(12-22-23-20)13-5-4-6-14(21)11-13/h2-12H,1H3,(H,22,23). The lowest BCUT2D eigenvalue weighted by Gasteiger charge is -2.11. The lowest BCUT2D eigenvalue weighted by molar-refractivity contribution is 0.420. The maximum Gasteiger partial charge on any atom is 0.126 e. The van der Waals surface area contributed by atoms with Crippen LogP contribution in [0.4, 0.5) is 4.39 Å². The van der Waals surface area contributed by atoms with Crippen molar-refractivity contribution in [1.82, 2.24) is 10.2 Å². The lowest BCUT2D eigenvalue weighted by Crippen LogP contribution is -1.89. The molecule has 0 saturated carbocycles. The van der Waals surface area contributed by atoms with Gasteiger partial charge in [-0.15, -0.1) is 0 Å². The Kier molecular flexibility index (Phi) is 3.50. The number of benzene rings is 3. The van der Waals surface area contributed by atoms with Crippen LogP contribution in [0.15, 0.2) is 66.9 Å². The first-order chi connectivity index (χ1) is 11.8. The van der Waals surface area contributed by atoms with Crippen molar-refractivity contribution >= 4 is 10.8 Å². The van der Waals surface area contributed by atoms with E-state index in [9.17, 15) is 4.39 Å². The number of aromatic nitrogens is 2. The molecule has 24 heavy (non-hydrogen) atoms. The van der Waals surface area contributed by atoms with Crippen LogP contribution in [-0.2, 0) is 0 Å². The zero-order chi connectivity index (χ0) is 16.5. The molecule has 0 bridgehead atoms. The van der Waals surface area contributed by atoms with Crippen LogP contribution in [0.25, 0.3) is 33.2 Å². The van der Waals surface area contributed by atoms with Crippen LogP contribution in [0, 0.1) is 5.82 Å². The highest BCUT2D eigenvalue weighted by atomic mass is 19.1. The smallest absolute Gasteiger partial charge is 0.126 e. The molecule has 0 aliphatic heterocycles. The molecule has 0 amide bonds. The quantitative estimate of drug-likeness (QED) is 0.574. The average molecular weight is 318 g/mol. The monoisotopic (exact) mass is 318 g/mol. The van der Waals surface area contributed by atoms with Gasteiger partial charge in [-0.1, -0.05) is 36.4 Å². The van der Waals surface area contributed by atoms with Crippen LogP contribution >= 0.6 is 0 Å². The molecule has 1 N–H and O–H groups in total. The van der Waals surface area contributed by atoms with Crippen molar-refractivity contribution in [3.63, 3.8) is 0 Å². The minimum Gasteiger partial charge on any atom is -0.496 e. The van der Waals surface area contributed by atoms with E-state index in [1.807, 2.05) is 42.5 Å². The van der Waals surface area contributed by atoms with Gasteiger partial charge in [-0.2, -0.15) is 5.10 Å². The number of methoxy groups -OCH3 is 1. The lowest BCUT2D eigenvalue weighted by atomic mass is 9.96. The number of aromatic amines is 1. The van der Waals surface area contributed by atoms with E-state index in [-0.39, 0.29) is 5.82 Å². The molecule has 4 rings (SSSR count). The Morgan fingerprint density at radius 2 is 1.75 bits per heavy atom. The van der Waals surface area contributed by atoms with Gasteiger partial charge in [0.15, 0.2) is 0 Å². The molecule has 0 unspecified atom stereocenters. The van der Waals surface area contributed by atoms with Gasteiger partial charge in [0.05, 0.1) is 19.0 Å². The maximum atomic E-state index is 13.6. The molecule has 1 aromatic heterocycles. The highest BCUT2D eigenvalue weighted by molar-refractivity contribution is 6.01. The fourth-order valence-corrected chi connectivity index (χ4v) is 3.03. The largest absolute Gasteiger partial charge is 0.496 e. The summed E-state index contributed by atoms with van der Waals surface area (Å²) in [5.41, 5.74) is 3.52. The van der Waals surface area contributed by atoms with Crippen LogP contribution in [0.1, 0.15) is 0 Å². The van der Waals surface area contributed by atoms with Crippen LogP contribution in [-0.4, -0.2) is 17.3 Å². The fraction of sp³-hybridized carbons (Fsp3) is 0.0500. The zero-order valence-electron chi connectivity index (χ0n) is 13.1. The van der Waals surface area contributed by atoms with Crippen LogP contribution in [0.2, 0.25) is 0 Å². The SMILES string of the molecule is COc1ccc(-c2[nH]ncc2-c2cccc(F)c2)c2ccccc12. The Morgan fingerprint density at radius 3 is 2.54 bits per heavy atom. The third kappa shape index (κ3) is 2.33. The van der Waals surface area contributed by atoms with Crippen molar-refractivity contribution in [3.8, 4) is 28.1 Å². The number of nitrogens with zero attached hydrogens (tertiary/aromatic N) is 1. The molecule has 0 fully saturated rings. The number of hydrogen-bond acceptors (Lipinski definition) is 2. The van der Waals surface area contributed by atoms with E-state index >= 15 is 0 Å². The molecule has 0 aliphatic carbocycles. The second-order valence-corrected chi connectivity index (χ2v) is 5.53. The predicted molar refractivity (Wildman–Crippen MR) is 93.5 cm³/mol. The first-order valence-corrected chi connectivity index (χ1v) is 7.63. The summed E-state index contributed by atoms with van der Waals surface area (Å²) in [7, 11) is 1.66. The van der Waals surface area contributed by atoms with Gasteiger partial charge in [-0.25, -0.2) is 4.39 Å². The molecule has 4 heteroatoms. The predicted octanol–water partition coefficient (Wildman–Crippen LogP) is 5.04. The summed E-state index contributed by atoms with van der Waals surface area (Å²) in [5, 5.41) is 9.31. The maximum absolute atomic E-state index is 13.6. The first kappa shape index (κ1) is 14.5. The fourth-order valence-electron chi connectivity index (χ4n) is 3.03. The van der Waals surface area contributed by atoms with Gasteiger partial charge in [0.1, 0.15) is 11.6 Å². The van der Waals surface area contributed by atoms with Gasteiger partial charge < -0.3 is 4.74 Å². The van der Waals surface area contributed by atoms with Crippen molar-refractivity contribution in [2.45, 2.75) is 0 Å². The molecule has 1 heterocycles. The van der Waals surface area contributed by atoms with Crippen molar-refractivity contribution in [1.29, 1.82) is 0 Å². The number of halogens is 1. The van der Waals surface area contributed by atoms with Crippen LogP contribution < -0.4 is 4.74 Å². The third-order valence-corrected chi connectivity index (χ3v) is 4.15. The highest BCUT2D eigenvalue weighted by Crippen LogP contribution is 2.37. The van der Waals surface area contributed by atoms with E-state index in [0.717, 1.165) is 38.9 Å². The number of nitrogens with one attached hydrogen (secondary N) is 1. The summed E-state index contributed by atoms with van der Waals surface area (Å²) in [6.45, 7) is 0. The molecule has 3 aromatic carbocycles. The van der Waals surface area contributed by atoms with E-state index in [4.69, 9.17) is 4.74 Å². The van der Waals surface area contributed by atoms with E-state index in [1.54, 1.807) is 19.4 Å². The molecule has 0 radical (unpaired) electrons. The van der Waals surface area contributed by atoms with Crippen molar-refractivity contribution in [2.24, 2.45) is 0 Å². The molecular formula is C20H15FN2O. The number of fused-ring (bicyclic) bond motifs is 1. The van der Waals surface area contributed by atoms with E-state index < -0.39 is 0 Å². The molecule has 4 aromatic rings. The molecule has 3 nitrogen and oxygen atoms in total. The van der Waals surface area contributed by atoms with Gasteiger partial charge in [-0.3, -0.25) is 5.10 Å². The average Bonchev–Trinajstić information content (AvgIpc) is 3.10. The number of rotatable bonds is 3. The summed E-state index contributed by atoms with van der Waals surface area (Å²) in [5.74, 6) is 0.556. The van der Waals surface area contributed by atoms with E-state index in [2.05, 4.69) is 10.2 Å². The van der Waals surface area contributed by atoms with Gasteiger partial charge >= 0.3 is 0 Å². The molecule has 0 atom stereocenters. The molecule has 0 spiro atoms. The molecule has 0 saturated heterocycles. The topological polar surface area (TPSA) is 37.9 Å². The molecule has 0 aliphatic rings. The second-order valence-electron chi connectivity index (χ2n) is 5.53. The molecular weight excluding hydrogens is 303 g/mol. The van der Waals surface area contributed by atoms with Crippen LogP contribution in [0.5, 0.6) is 5.75 Å². The zero-order valence-corrected chi connectivity index (χ0v) is 13.1. The Labute approximate surface area is 138 Å². The number of H-pyrrole nitrogens is 1. The second kappa shape index (κ2) is 5.81. The van der Waals surface area contributed by atoms with Gasteiger partial charge in [0, 0.05) is 16.5 Å².